The van der Waals surface area contributed by atoms with E-state index in [1.54, 1.807) is 0 Å². The highest BCUT2D eigenvalue weighted by Gasteiger charge is 2.04. The molecule has 0 aliphatic rings. The van der Waals surface area contributed by atoms with E-state index in [0.717, 1.165) is 16.4 Å². The summed E-state index contributed by atoms with van der Waals surface area (Å²) in [5.41, 5.74) is 2.32. The maximum Gasteiger partial charge on any atom is 0.0625 e. The second-order valence-electron chi connectivity index (χ2n) is 3.13. The lowest BCUT2D eigenvalue weighted by atomic mass is 10.1. The molecule has 2 nitrogen and oxygen atoms in total. The molecule has 1 aromatic carbocycles. The van der Waals surface area contributed by atoms with Gasteiger partial charge < -0.3 is 4.98 Å². The minimum atomic E-state index is 0.569. The van der Waals surface area contributed by atoms with Crippen molar-refractivity contribution in [2.75, 3.05) is 0 Å². The SMILES string of the molecule is N#CCCc1c[nH]c2c(Br)cccc12. The van der Waals surface area contributed by atoms with Gasteiger partial charge in [0.05, 0.1) is 11.6 Å². The highest BCUT2D eigenvalue weighted by Crippen LogP contribution is 2.25. The van der Waals surface area contributed by atoms with Crippen LogP contribution in [0.2, 0.25) is 0 Å². The van der Waals surface area contributed by atoms with Crippen LogP contribution in [-0.4, -0.2) is 4.98 Å². The van der Waals surface area contributed by atoms with Crippen LogP contribution in [0.1, 0.15) is 12.0 Å². The Balaban J connectivity index is 2.48. The Morgan fingerprint density at radius 1 is 1.43 bits per heavy atom. The van der Waals surface area contributed by atoms with Crippen LogP contribution >= 0.6 is 15.9 Å². The molecule has 0 fully saturated rings. The minimum Gasteiger partial charge on any atom is -0.360 e. The first-order chi connectivity index (χ1) is 6.83. The number of nitrogens with one attached hydrogen (secondary N) is 1. The Bertz CT molecular complexity index is 493. The zero-order chi connectivity index (χ0) is 9.97. The fraction of sp³-hybridized carbons (Fsp3) is 0.182. The third-order valence-electron chi connectivity index (χ3n) is 2.26. The van der Waals surface area contributed by atoms with Gasteiger partial charge in [0.2, 0.25) is 0 Å². The quantitative estimate of drug-likeness (QED) is 0.870. The molecule has 0 bridgehead atoms. The monoisotopic (exact) mass is 248 g/mol. The van der Waals surface area contributed by atoms with Crippen molar-refractivity contribution in [2.45, 2.75) is 12.8 Å². The summed E-state index contributed by atoms with van der Waals surface area (Å²) in [6.07, 6.45) is 3.36. The molecule has 70 valence electrons. The minimum absolute atomic E-state index is 0.569. The molecule has 0 atom stereocenters. The van der Waals surface area contributed by atoms with Gasteiger partial charge in [-0.1, -0.05) is 12.1 Å². The van der Waals surface area contributed by atoms with E-state index < -0.39 is 0 Å². The predicted molar refractivity (Wildman–Crippen MR) is 59.9 cm³/mol. The van der Waals surface area contributed by atoms with Crippen molar-refractivity contribution < 1.29 is 0 Å². The summed E-state index contributed by atoms with van der Waals surface area (Å²) in [7, 11) is 0. The zero-order valence-corrected chi connectivity index (χ0v) is 9.13. The molecule has 2 aromatic rings. The number of aromatic amines is 1. The first kappa shape index (κ1) is 9.29. The van der Waals surface area contributed by atoms with E-state index in [1.807, 2.05) is 18.3 Å². The van der Waals surface area contributed by atoms with Gasteiger partial charge in [0, 0.05) is 22.5 Å². The van der Waals surface area contributed by atoms with Crippen LogP contribution in [0, 0.1) is 11.3 Å². The fourth-order valence-corrected chi connectivity index (χ4v) is 2.05. The highest BCUT2D eigenvalue weighted by molar-refractivity contribution is 9.10. The maximum atomic E-state index is 8.52. The molecule has 2 rings (SSSR count). The molecule has 1 heterocycles. The number of nitrogens with zero attached hydrogens (tertiary/aromatic N) is 1. The summed E-state index contributed by atoms with van der Waals surface area (Å²) in [5, 5.41) is 9.73. The molecule has 0 unspecified atom stereocenters. The van der Waals surface area contributed by atoms with Crippen LogP contribution < -0.4 is 0 Å². The van der Waals surface area contributed by atoms with Crippen molar-refractivity contribution in [3.05, 3.63) is 34.4 Å². The topological polar surface area (TPSA) is 39.6 Å². The molecule has 0 radical (unpaired) electrons. The Kier molecular flexibility index (Phi) is 2.55. The Labute approximate surface area is 90.7 Å². The van der Waals surface area contributed by atoms with E-state index in [-0.39, 0.29) is 0 Å². The largest absolute Gasteiger partial charge is 0.360 e. The number of para-hydroxylation sites is 1. The van der Waals surface area contributed by atoms with Gasteiger partial charge in [0.1, 0.15) is 0 Å². The third-order valence-corrected chi connectivity index (χ3v) is 2.92. The van der Waals surface area contributed by atoms with Crippen molar-refractivity contribution in [1.82, 2.24) is 4.98 Å². The number of halogens is 1. The molecule has 1 N–H and O–H groups in total. The van der Waals surface area contributed by atoms with Crippen molar-refractivity contribution in [2.24, 2.45) is 0 Å². The summed E-state index contributed by atoms with van der Waals surface area (Å²) < 4.78 is 1.07. The molecular formula is C11H9BrN2. The number of aryl methyl sites for hydroxylation is 1. The van der Waals surface area contributed by atoms with Crippen molar-refractivity contribution in [1.29, 1.82) is 5.26 Å². The zero-order valence-electron chi connectivity index (χ0n) is 7.55. The standard InChI is InChI=1S/C11H9BrN2/c12-10-5-1-4-9-8(3-2-6-13)7-14-11(9)10/h1,4-5,7,14H,2-3H2. The van der Waals surface area contributed by atoms with Gasteiger partial charge in [-0.15, -0.1) is 0 Å². The van der Waals surface area contributed by atoms with Gasteiger partial charge >= 0.3 is 0 Å². The van der Waals surface area contributed by atoms with E-state index >= 15 is 0 Å². The van der Waals surface area contributed by atoms with E-state index in [9.17, 15) is 0 Å². The Morgan fingerprint density at radius 2 is 2.29 bits per heavy atom. The van der Waals surface area contributed by atoms with Crippen LogP contribution in [0.25, 0.3) is 10.9 Å². The number of H-pyrrole nitrogens is 1. The molecule has 0 saturated heterocycles. The molecule has 0 saturated carbocycles. The molecule has 0 spiro atoms. The first-order valence-electron chi connectivity index (χ1n) is 4.44. The van der Waals surface area contributed by atoms with E-state index in [1.165, 1.54) is 10.9 Å². The fourth-order valence-electron chi connectivity index (χ4n) is 1.57. The molecule has 0 aliphatic carbocycles. The number of rotatable bonds is 2. The summed E-state index contributed by atoms with van der Waals surface area (Å²) in [6.45, 7) is 0. The van der Waals surface area contributed by atoms with Crippen LogP contribution in [0.5, 0.6) is 0 Å². The molecule has 14 heavy (non-hydrogen) atoms. The maximum absolute atomic E-state index is 8.52. The second-order valence-corrected chi connectivity index (χ2v) is 3.99. The molecule has 0 amide bonds. The highest BCUT2D eigenvalue weighted by atomic mass is 79.9. The average Bonchev–Trinajstić information content (AvgIpc) is 2.60. The van der Waals surface area contributed by atoms with Gasteiger partial charge in [-0.25, -0.2) is 0 Å². The van der Waals surface area contributed by atoms with Crippen molar-refractivity contribution in [3.8, 4) is 6.07 Å². The van der Waals surface area contributed by atoms with Gasteiger partial charge in [0.25, 0.3) is 0 Å². The lowest BCUT2D eigenvalue weighted by Gasteiger charge is -1.95. The van der Waals surface area contributed by atoms with Crippen LogP contribution in [-0.2, 0) is 6.42 Å². The summed E-state index contributed by atoms with van der Waals surface area (Å²) in [5.74, 6) is 0. The average molecular weight is 249 g/mol. The summed E-state index contributed by atoms with van der Waals surface area (Å²) in [4.78, 5) is 3.21. The van der Waals surface area contributed by atoms with Crippen LogP contribution in [0.3, 0.4) is 0 Å². The number of hydrogen-bond acceptors (Lipinski definition) is 1. The molecule has 0 aliphatic heterocycles. The van der Waals surface area contributed by atoms with Gasteiger partial charge in [-0.2, -0.15) is 5.26 Å². The Morgan fingerprint density at radius 3 is 3.07 bits per heavy atom. The number of benzene rings is 1. The Hall–Kier alpha value is -1.27. The van der Waals surface area contributed by atoms with Crippen molar-refractivity contribution >= 4 is 26.8 Å². The van der Waals surface area contributed by atoms with Crippen LogP contribution in [0.4, 0.5) is 0 Å². The lowest BCUT2D eigenvalue weighted by molar-refractivity contribution is 1.02. The number of aromatic nitrogens is 1. The number of nitriles is 1. The smallest absolute Gasteiger partial charge is 0.0625 e. The van der Waals surface area contributed by atoms with Gasteiger partial charge in [-0.3, -0.25) is 0 Å². The van der Waals surface area contributed by atoms with Gasteiger partial charge in [0.15, 0.2) is 0 Å². The van der Waals surface area contributed by atoms with Crippen molar-refractivity contribution in [3.63, 3.8) is 0 Å². The van der Waals surface area contributed by atoms with E-state index in [2.05, 4.69) is 33.0 Å². The normalized spacial score (nSPS) is 10.3. The third kappa shape index (κ3) is 1.53. The second kappa shape index (κ2) is 3.85. The van der Waals surface area contributed by atoms with E-state index in [4.69, 9.17) is 5.26 Å². The molecule has 3 heteroatoms. The number of fused-ring (bicyclic) bond motifs is 1. The van der Waals surface area contributed by atoms with Crippen LogP contribution in [0.15, 0.2) is 28.9 Å². The van der Waals surface area contributed by atoms with E-state index in [0.29, 0.717) is 6.42 Å². The van der Waals surface area contributed by atoms with Gasteiger partial charge in [-0.05, 0) is 34.0 Å². The summed E-state index contributed by atoms with van der Waals surface area (Å²) in [6, 6.07) is 8.25. The first-order valence-corrected chi connectivity index (χ1v) is 5.23. The lowest BCUT2D eigenvalue weighted by Crippen LogP contribution is -1.80. The number of hydrogen-bond donors (Lipinski definition) is 1. The predicted octanol–water partition coefficient (Wildman–Crippen LogP) is 3.39. The molecule has 1 aromatic heterocycles. The summed E-state index contributed by atoms with van der Waals surface area (Å²) >= 11 is 3.48. The molecular weight excluding hydrogens is 240 g/mol.